The fourth-order valence-corrected chi connectivity index (χ4v) is 1.96. The molecule has 0 aromatic heterocycles. The molecule has 0 bridgehead atoms. The monoisotopic (exact) mass is 255 g/mol. The molecule has 0 heterocycles. The van der Waals surface area contributed by atoms with E-state index in [1.54, 1.807) is 0 Å². The predicted octanol–water partition coefficient (Wildman–Crippen LogP) is 4.40. The normalized spacial score (nSPS) is 10.2. The molecule has 0 aliphatic heterocycles. The molecule has 0 fully saturated rings. The Kier molecular flexibility index (Phi) is 4.85. The van der Waals surface area contributed by atoms with Crippen LogP contribution < -0.4 is 10.1 Å². The Morgan fingerprint density at radius 3 is 2.68 bits per heavy atom. The minimum atomic E-state index is 0.765. The molecule has 0 saturated carbocycles. The van der Waals surface area contributed by atoms with E-state index in [4.69, 9.17) is 4.74 Å². The highest BCUT2D eigenvalue weighted by atomic mass is 16.5. The van der Waals surface area contributed by atoms with Crippen LogP contribution in [0.25, 0.3) is 0 Å². The van der Waals surface area contributed by atoms with Crippen LogP contribution in [0.15, 0.2) is 48.5 Å². The lowest BCUT2D eigenvalue weighted by molar-refractivity contribution is 0.314. The van der Waals surface area contributed by atoms with Gasteiger partial charge in [0.1, 0.15) is 5.75 Å². The smallest absolute Gasteiger partial charge is 0.124 e. The van der Waals surface area contributed by atoms with Gasteiger partial charge in [0.15, 0.2) is 0 Å². The molecule has 19 heavy (non-hydrogen) atoms. The van der Waals surface area contributed by atoms with Crippen LogP contribution >= 0.6 is 0 Å². The second-order valence-corrected chi connectivity index (χ2v) is 4.68. The van der Waals surface area contributed by atoms with Gasteiger partial charge >= 0.3 is 0 Å². The first kappa shape index (κ1) is 13.5. The lowest BCUT2D eigenvalue weighted by Gasteiger charge is -2.12. The van der Waals surface area contributed by atoms with Gasteiger partial charge in [-0.1, -0.05) is 37.3 Å². The van der Waals surface area contributed by atoms with E-state index in [9.17, 15) is 0 Å². The van der Waals surface area contributed by atoms with Gasteiger partial charge in [-0.05, 0) is 37.1 Å². The Bertz CT molecular complexity index is 522. The van der Waals surface area contributed by atoms with Crippen LogP contribution in [0.2, 0.25) is 0 Å². The molecule has 2 aromatic rings. The Hall–Kier alpha value is -1.96. The van der Waals surface area contributed by atoms with E-state index in [0.29, 0.717) is 0 Å². The van der Waals surface area contributed by atoms with Gasteiger partial charge in [-0.3, -0.25) is 0 Å². The SMILES string of the molecule is CCCOc1ccccc1CNc1cccc(C)c1. The summed E-state index contributed by atoms with van der Waals surface area (Å²) in [6.07, 6.45) is 1.03. The lowest BCUT2D eigenvalue weighted by Crippen LogP contribution is -2.04. The summed E-state index contributed by atoms with van der Waals surface area (Å²) < 4.78 is 5.76. The third kappa shape index (κ3) is 4.02. The topological polar surface area (TPSA) is 21.3 Å². The van der Waals surface area contributed by atoms with Crippen molar-refractivity contribution in [3.63, 3.8) is 0 Å². The minimum Gasteiger partial charge on any atom is -0.493 e. The summed E-state index contributed by atoms with van der Waals surface area (Å²) >= 11 is 0. The zero-order chi connectivity index (χ0) is 13.5. The van der Waals surface area contributed by atoms with Crippen molar-refractivity contribution >= 4 is 5.69 Å². The predicted molar refractivity (Wildman–Crippen MR) is 80.7 cm³/mol. The van der Waals surface area contributed by atoms with E-state index >= 15 is 0 Å². The van der Waals surface area contributed by atoms with E-state index in [1.165, 1.54) is 11.1 Å². The van der Waals surface area contributed by atoms with Crippen molar-refractivity contribution in [1.29, 1.82) is 0 Å². The molecule has 0 unspecified atom stereocenters. The second-order valence-electron chi connectivity index (χ2n) is 4.68. The average molecular weight is 255 g/mol. The zero-order valence-electron chi connectivity index (χ0n) is 11.6. The molecule has 2 nitrogen and oxygen atoms in total. The summed E-state index contributed by atoms with van der Waals surface area (Å²) in [5, 5.41) is 3.44. The number of ether oxygens (including phenoxy) is 1. The van der Waals surface area contributed by atoms with Gasteiger partial charge < -0.3 is 10.1 Å². The molecule has 0 saturated heterocycles. The minimum absolute atomic E-state index is 0.765. The Morgan fingerprint density at radius 2 is 1.89 bits per heavy atom. The number of benzene rings is 2. The molecule has 0 atom stereocenters. The maximum atomic E-state index is 5.76. The van der Waals surface area contributed by atoms with Crippen LogP contribution in [0.1, 0.15) is 24.5 Å². The molecule has 2 heteroatoms. The number of rotatable bonds is 6. The quantitative estimate of drug-likeness (QED) is 0.826. The Labute approximate surface area is 115 Å². The highest BCUT2D eigenvalue weighted by Crippen LogP contribution is 2.20. The fourth-order valence-electron chi connectivity index (χ4n) is 1.96. The summed E-state index contributed by atoms with van der Waals surface area (Å²) in [6.45, 7) is 5.77. The number of para-hydroxylation sites is 1. The third-order valence-corrected chi connectivity index (χ3v) is 2.94. The summed E-state index contributed by atoms with van der Waals surface area (Å²) in [5.41, 5.74) is 3.60. The van der Waals surface area contributed by atoms with Crippen molar-refractivity contribution in [2.45, 2.75) is 26.8 Å². The molecule has 0 amide bonds. The molecular formula is C17H21NO. The van der Waals surface area contributed by atoms with Gasteiger partial charge in [0.2, 0.25) is 0 Å². The van der Waals surface area contributed by atoms with Crippen molar-refractivity contribution in [3.8, 4) is 5.75 Å². The number of hydrogen-bond acceptors (Lipinski definition) is 2. The molecule has 0 radical (unpaired) electrons. The van der Waals surface area contributed by atoms with Gasteiger partial charge in [0, 0.05) is 17.8 Å². The van der Waals surface area contributed by atoms with Crippen LogP contribution in [0.3, 0.4) is 0 Å². The number of aryl methyl sites for hydroxylation is 1. The van der Waals surface area contributed by atoms with Gasteiger partial charge in [0.05, 0.1) is 6.61 Å². The van der Waals surface area contributed by atoms with E-state index < -0.39 is 0 Å². The van der Waals surface area contributed by atoms with Gasteiger partial charge in [-0.25, -0.2) is 0 Å². The molecule has 0 aliphatic carbocycles. The molecule has 100 valence electrons. The van der Waals surface area contributed by atoms with Gasteiger partial charge in [-0.2, -0.15) is 0 Å². The molecule has 2 aromatic carbocycles. The Morgan fingerprint density at radius 1 is 1.05 bits per heavy atom. The molecular weight excluding hydrogens is 234 g/mol. The number of anilines is 1. The van der Waals surface area contributed by atoms with Crippen molar-refractivity contribution in [3.05, 3.63) is 59.7 Å². The van der Waals surface area contributed by atoms with E-state index in [-0.39, 0.29) is 0 Å². The number of nitrogens with one attached hydrogen (secondary N) is 1. The standard InChI is InChI=1S/C17H21NO/c1-3-11-19-17-10-5-4-8-15(17)13-18-16-9-6-7-14(2)12-16/h4-10,12,18H,3,11,13H2,1-2H3. The first-order valence-corrected chi connectivity index (χ1v) is 6.81. The van der Waals surface area contributed by atoms with E-state index in [2.05, 4.69) is 49.5 Å². The fraction of sp³-hybridized carbons (Fsp3) is 0.294. The molecule has 0 aliphatic rings. The Balaban J connectivity index is 2.02. The summed E-state index contributed by atoms with van der Waals surface area (Å²) in [5.74, 6) is 0.976. The lowest BCUT2D eigenvalue weighted by atomic mass is 10.2. The van der Waals surface area contributed by atoms with Crippen LogP contribution in [0, 0.1) is 6.92 Å². The van der Waals surface area contributed by atoms with Crippen LogP contribution in [0.4, 0.5) is 5.69 Å². The molecule has 0 spiro atoms. The van der Waals surface area contributed by atoms with Gasteiger partial charge in [-0.15, -0.1) is 0 Å². The van der Waals surface area contributed by atoms with Crippen molar-refractivity contribution in [2.24, 2.45) is 0 Å². The third-order valence-electron chi connectivity index (χ3n) is 2.94. The molecule has 2 rings (SSSR count). The van der Waals surface area contributed by atoms with Crippen molar-refractivity contribution < 1.29 is 4.74 Å². The highest BCUT2D eigenvalue weighted by molar-refractivity contribution is 5.47. The van der Waals surface area contributed by atoms with E-state index in [1.807, 2.05) is 18.2 Å². The van der Waals surface area contributed by atoms with Crippen LogP contribution in [0.5, 0.6) is 5.75 Å². The summed E-state index contributed by atoms with van der Waals surface area (Å²) in [7, 11) is 0. The average Bonchev–Trinajstić information content (AvgIpc) is 2.44. The summed E-state index contributed by atoms with van der Waals surface area (Å²) in [6, 6.07) is 16.6. The first-order chi connectivity index (χ1) is 9.29. The molecule has 1 N–H and O–H groups in total. The largest absolute Gasteiger partial charge is 0.493 e. The maximum absolute atomic E-state index is 5.76. The van der Waals surface area contributed by atoms with Gasteiger partial charge in [0.25, 0.3) is 0 Å². The van der Waals surface area contributed by atoms with E-state index in [0.717, 1.165) is 31.0 Å². The van der Waals surface area contributed by atoms with Crippen LogP contribution in [-0.2, 0) is 6.54 Å². The van der Waals surface area contributed by atoms with Crippen LogP contribution in [-0.4, -0.2) is 6.61 Å². The zero-order valence-corrected chi connectivity index (χ0v) is 11.6. The van der Waals surface area contributed by atoms with Crippen molar-refractivity contribution in [2.75, 3.05) is 11.9 Å². The first-order valence-electron chi connectivity index (χ1n) is 6.81. The summed E-state index contributed by atoms with van der Waals surface area (Å²) in [4.78, 5) is 0. The maximum Gasteiger partial charge on any atom is 0.124 e. The van der Waals surface area contributed by atoms with Crippen molar-refractivity contribution in [1.82, 2.24) is 0 Å². The number of hydrogen-bond donors (Lipinski definition) is 1. The highest BCUT2D eigenvalue weighted by Gasteiger charge is 2.02. The second kappa shape index (κ2) is 6.83.